The first-order valence-electron chi connectivity index (χ1n) is 6.95. The van der Waals surface area contributed by atoms with Crippen molar-refractivity contribution in [1.82, 2.24) is 14.9 Å². The molecule has 1 heterocycles. The van der Waals surface area contributed by atoms with Gasteiger partial charge in [0.2, 0.25) is 0 Å². The average molecular weight is 243 g/mol. The molecule has 0 amide bonds. The van der Waals surface area contributed by atoms with Crippen LogP contribution in [0.25, 0.3) is 11.0 Å². The maximum Gasteiger partial charge on any atom is 0.111 e. The third-order valence-electron chi connectivity index (χ3n) is 4.01. The fourth-order valence-electron chi connectivity index (χ4n) is 2.83. The van der Waals surface area contributed by atoms with Crippen LogP contribution in [-0.2, 0) is 13.0 Å². The number of benzene rings is 1. The number of hydrogen-bond donors (Lipinski definition) is 1. The van der Waals surface area contributed by atoms with E-state index in [-0.39, 0.29) is 0 Å². The first kappa shape index (κ1) is 11.7. The van der Waals surface area contributed by atoms with Gasteiger partial charge in [0.15, 0.2) is 0 Å². The first-order chi connectivity index (χ1) is 8.83. The van der Waals surface area contributed by atoms with Gasteiger partial charge in [-0.1, -0.05) is 12.1 Å². The fraction of sp³-hybridized carbons (Fsp3) is 0.533. The van der Waals surface area contributed by atoms with E-state index in [0.717, 1.165) is 24.4 Å². The minimum atomic E-state index is 0.590. The van der Waals surface area contributed by atoms with Gasteiger partial charge in [-0.25, -0.2) is 4.98 Å². The summed E-state index contributed by atoms with van der Waals surface area (Å²) in [6.45, 7) is 3.19. The maximum absolute atomic E-state index is 4.80. The highest BCUT2D eigenvalue weighted by molar-refractivity contribution is 5.75. The molecule has 0 bridgehead atoms. The van der Waals surface area contributed by atoms with Gasteiger partial charge >= 0.3 is 0 Å². The maximum atomic E-state index is 4.80. The van der Waals surface area contributed by atoms with Crippen molar-refractivity contribution in [3.05, 3.63) is 30.1 Å². The molecule has 2 aromatic rings. The Labute approximate surface area is 108 Å². The number of rotatable bonds is 5. The smallest absolute Gasteiger partial charge is 0.111 e. The topological polar surface area (TPSA) is 29.9 Å². The zero-order valence-electron chi connectivity index (χ0n) is 11.2. The number of fused-ring (bicyclic) bond motifs is 1. The Morgan fingerprint density at radius 1 is 1.39 bits per heavy atom. The number of aromatic nitrogens is 2. The average Bonchev–Trinajstić information content (AvgIpc) is 3.17. The van der Waals surface area contributed by atoms with Gasteiger partial charge in [-0.05, 0) is 44.9 Å². The van der Waals surface area contributed by atoms with Crippen molar-refractivity contribution in [3.8, 4) is 0 Å². The predicted molar refractivity (Wildman–Crippen MR) is 74.7 cm³/mol. The molecule has 3 nitrogen and oxygen atoms in total. The second-order valence-electron chi connectivity index (χ2n) is 5.20. The molecule has 18 heavy (non-hydrogen) atoms. The van der Waals surface area contributed by atoms with Crippen LogP contribution in [0.2, 0.25) is 0 Å². The lowest BCUT2D eigenvalue weighted by atomic mass is 10.1. The molecular formula is C15H21N3. The van der Waals surface area contributed by atoms with Crippen molar-refractivity contribution in [2.75, 3.05) is 7.05 Å². The van der Waals surface area contributed by atoms with Gasteiger partial charge in [0.05, 0.1) is 11.0 Å². The molecule has 1 aromatic carbocycles. The number of nitrogens with one attached hydrogen (secondary N) is 1. The van der Waals surface area contributed by atoms with E-state index < -0.39 is 0 Å². The molecule has 1 N–H and O–H groups in total. The van der Waals surface area contributed by atoms with Gasteiger partial charge in [-0.3, -0.25) is 0 Å². The molecule has 1 unspecified atom stereocenters. The Balaban J connectivity index is 1.94. The summed E-state index contributed by atoms with van der Waals surface area (Å²) in [5.74, 6) is 2.09. The van der Waals surface area contributed by atoms with Crippen molar-refractivity contribution in [2.24, 2.45) is 5.92 Å². The van der Waals surface area contributed by atoms with Gasteiger partial charge in [-0.2, -0.15) is 0 Å². The van der Waals surface area contributed by atoms with E-state index in [4.69, 9.17) is 4.98 Å². The molecule has 3 heteroatoms. The predicted octanol–water partition coefficient (Wildman–Crippen LogP) is 2.60. The normalized spacial score (nSPS) is 17.2. The molecule has 0 radical (unpaired) electrons. The lowest BCUT2D eigenvalue weighted by Crippen LogP contribution is -2.30. The molecule has 1 aliphatic carbocycles. The second kappa shape index (κ2) is 4.73. The minimum absolute atomic E-state index is 0.590. The summed E-state index contributed by atoms with van der Waals surface area (Å²) in [6, 6.07) is 9.02. The molecule has 0 spiro atoms. The zero-order valence-corrected chi connectivity index (χ0v) is 11.2. The van der Waals surface area contributed by atoms with Crippen molar-refractivity contribution >= 4 is 11.0 Å². The third-order valence-corrected chi connectivity index (χ3v) is 4.01. The standard InChI is InChI=1S/C15H21N3/c1-3-18-14-7-5-4-6-12(14)17-15(18)10-13(16-2)11-8-9-11/h4-7,11,13,16H,3,8-10H2,1-2H3. The number of hydrogen-bond acceptors (Lipinski definition) is 2. The Morgan fingerprint density at radius 2 is 2.17 bits per heavy atom. The monoisotopic (exact) mass is 243 g/mol. The van der Waals surface area contributed by atoms with Crippen LogP contribution in [-0.4, -0.2) is 22.6 Å². The van der Waals surface area contributed by atoms with E-state index >= 15 is 0 Å². The molecule has 0 aliphatic heterocycles. The van der Waals surface area contributed by atoms with E-state index in [9.17, 15) is 0 Å². The van der Waals surface area contributed by atoms with Crippen LogP contribution in [0.4, 0.5) is 0 Å². The highest BCUT2D eigenvalue weighted by Crippen LogP contribution is 2.34. The Morgan fingerprint density at radius 3 is 2.83 bits per heavy atom. The summed E-state index contributed by atoms with van der Waals surface area (Å²) in [5, 5.41) is 3.45. The molecule has 1 saturated carbocycles. The van der Waals surface area contributed by atoms with E-state index in [2.05, 4.69) is 48.1 Å². The molecule has 96 valence electrons. The lowest BCUT2D eigenvalue weighted by Gasteiger charge is -2.15. The van der Waals surface area contributed by atoms with E-state index in [1.165, 1.54) is 24.2 Å². The second-order valence-corrected chi connectivity index (χ2v) is 5.20. The quantitative estimate of drug-likeness (QED) is 0.874. The number of likely N-dealkylation sites (N-methyl/N-ethyl adjacent to an activating group) is 1. The van der Waals surface area contributed by atoms with Gasteiger partial charge in [0, 0.05) is 19.0 Å². The summed E-state index contributed by atoms with van der Waals surface area (Å²) < 4.78 is 2.35. The van der Waals surface area contributed by atoms with Crippen molar-refractivity contribution in [1.29, 1.82) is 0 Å². The molecular weight excluding hydrogens is 222 g/mol. The van der Waals surface area contributed by atoms with E-state index in [1.54, 1.807) is 0 Å². The Hall–Kier alpha value is -1.35. The first-order valence-corrected chi connectivity index (χ1v) is 6.95. The fourth-order valence-corrected chi connectivity index (χ4v) is 2.83. The summed E-state index contributed by atoms with van der Waals surface area (Å²) in [5.41, 5.74) is 2.39. The van der Waals surface area contributed by atoms with Gasteiger partial charge in [0.25, 0.3) is 0 Å². The summed E-state index contributed by atoms with van der Waals surface area (Å²) >= 11 is 0. The summed E-state index contributed by atoms with van der Waals surface area (Å²) in [7, 11) is 2.07. The molecule has 1 atom stereocenters. The number of para-hydroxylation sites is 2. The highest BCUT2D eigenvalue weighted by Gasteiger charge is 2.31. The number of aryl methyl sites for hydroxylation is 1. The zero-order chi connectivity index (χ0) is 12.5. The SMILES string of the molecule is CCn1c(CC(NC)C2CC2)nc2ccccc21. The minimum Gasteiger partial charge on any atom is -0.328 e. The van der Waals surface area contributed by atoms with Gasteiger partial charge in [0.1, 0.15) is 5.82 Å². The van der Waals surface area contributed by atoms with Crippen LogP contribution >= 0.6 is 0 Å². The van der Waals surface area contributed by atoms with Crippen LogP contribution in [0, 0.1) is 5.92 Å². The van der Waals surface area contributed by atoms with Crippen LogP contribution in [0.1, 0.15) is 25.6 Å². The Kier molecular flexibility index (Phi) is 3.08. The third kappa shape index (κ3) is 2.03. The van der Waals surface area contributed by atoms with E-state index in [1.807, 2.05) is 0 Å². The lowest BCUT2D eigenvalue weighted by molar-refractivity contribution is 0.481. The molecule has 3 rings (SSSR count). The van der Waals surface area contributed by atoms with Gasteiger partial charge in [-0.15, -0.1) is 0 Å². The summed E-state index contributed by atoms with van der Waals surface area (Å²) in [4.78, 5) is 4.80. The summed E-state index contributed by atoms with van der Waals surface area (Å²) in [6.07, 6.45) is 3.79. The molecule has 1 fully saturated rings. The van der Waals surface area contributed by atoms with Crippen LogP contribution < -0.4 is 5.32 Å². The molecule has 1 aliphatic rings. The number of imidazole rings is 1. The van der Waals surface area contributed by atoms with Crippen molar-refractivity contribution in [3.63, 3.8) is 0 Å². The van der Waals surface area contributed by atoms with Crippen LogP contribution in [0.5, 0.6) is 0 Å². The number of nitrogens with zero attached hydrogens (tertiary/aromatic N) is 2. The largest absolute Gasteiger partial charge is 0.328 e. The molecule has 1 aromatic heterocycles. The van der Waals surface area contributed by atoms with Crippen LogP contribution in [0.15, 0.2) is 24.3 Å². The van der Waals surface area contributed by atoms with Crippen LogP contribution in [0.3, 0.4) is 0 Å². The van der Waals surface area contributed by atoms with E-state index in [0.29, 0.717) is 6.04 Å². The van der Waals surface area contributed by atoms with Gasteiger partial charge < -0.3 is 9.88 Å². The molecule has 0 saturated heterocycles. The van der Waals surface area contributed by atoms with Crippen molar-refractivity contribution < 1.29 is 0 Å². The highest BCUT2D eigenvalue weighted by atomic mass is 15.1. The van der Waals surface area contributed by atoms with Crippen molar-refractivity contribution in [2.45, 2.75) is 38.8 Å². The Bertz CT molecular complexity index is 540.